The highest BCUT2D eigenvalue weighted by molar-refractivity contribution is 5.99. The zero-order valence-corrected chi connectivity index (χ0v) is 12.5. The number of nitrogens with zero attached hydrogens (tertiary/aromatic N) is 1. The topological polar surface area (TPSA) is 29.5 Å². The molecule has 1 aliphatic carbocycles. The van der Waals surface area contributed by atoms with Crippen molar-refractivity contribution in [3.63, 3.8) is 0 Å². The number of Topliss-reactive ketones (excluding diaryl/α,β-unsaturated/α-hetero) is 1. The second-order valence-electron chi connectivity index (χ2n) is 6.37. The molecule has 1 aromatic rings. The highest BCUT2D eigenvalue weighted by atomic mass is 16.5. The number of rotatable bonds is 2. The summed E-state index contributed by atoms with van der Waals surface area (Å²) in [5, 5.41) is 0. The summed E-state index contributed by atoms with van der Waals surface area (Å²) < 4.78 is 5.69. The maximum absolute atomic E-state index is 11.8. The molecule has 3 aliphatic rings. The highest BCUT2D eigenvalue weighted by Gasteiger charge is 2.30. The first kappa shape index (κ1) is 13.1. The maximum atomic E-state index is 11.8. The van der Waals surface area contributed by atoms with Gasteiger partial charge in [0, 0.05) is 32.0 Å². The number of fused-ring (bicyclic) bond motifs is 1. The van der Waals surface area contributed by atoms with Crippen molar-refractivity contribution in [1.29, 1.82) is 0 Å². The van der Waals surface area contributed by atoms with Crippen molar-refractivity contribution in [1.82, 2.24) is 4.90 Å². The van der Waals surface area contributed by atoms with Gasteiger partial charge >= 0.3 is 0 Å². The van der Waals surface area contributed by atoms with Gasteiger partial charge in [0.05, 0.1) is 6.61 Å². The van der Waals surface area contributed by atoms with Crippen LogP contribution in [0.4, 0.5) is 0 Å². The van der Waals surface area contributed by atoms with Crippen LogP contribution in [0.3, 0.4) is 0 Å². The molecule has 0 saturated carbocycles. The van der Waals surface area contributed by atoms with E-state index in [4.69, 9.17) is 4.74 Å². The van der Waals surface area contributed by atoms with Gasteiger partial charge in [0.25, 0.3) is 0 Å². The molecule has 0 amide bonds. The van der Waals surface area contributed by atoms with E-state index < -0.39 is 0 Å². The Morgan fingerprint density at radius 1 is 1.19 bits per heavy atom. The van der Waals surface area contributed by atoms with Gasteiger partial charge < -0.3 is 4.74 Å². The van der Waals surface area contributed by atoms with Crippen LogP contribution >= 0.6 is 0 Å². The van der Waals surface area contributed by atoms with E-state index in [0.717, 1.165) is 56.7 Å². The number of ketones is 1. The maximum Gasteiger partial charge on any atom is 0.159 e. The Bertz CT molecular complexity index is 632. The Morgan fingerprint density at radius 2 is 2.10 bits per heavy atom. The lowest BCUT2D eigenvalue weighted by molar-refractivity contribution is -0.115. The molecule has 0 spiro atoms. The van der Waals surface area contributed by atoms with E-state index in [-0.39, 0.29) is 0 Å². The minimum atomic E-state index is 0.379. The summed E-state index contributed by atoms with van der Waals surface area (Å²) in [6.07, 6.45) is 3.68. The molecule has 0 saturated heterocycles. The number of hydrogen-bond donors (Lipinski definition) is 0. The van der Waals surface area contributed by atoms with Crippen LogP contribution in [0, 0.1) is 0 Å². The number of carbonyl (C=O) groups is 1. The smallest absolute Gasteiger partial charge is 0.159 e. The van der Waals surface area contributed by atoms with E-state index in [0.29, 0.717) is 11.8 Å². The second-order valence-corrected chi connectivity index (χ2v) is 6.37. The normalized spacial score (nSPS) is 23.0. The van der Waals surface area contributed by atoms with Crippen molar-refractivity contribution in [2.75, 3.05) is 19.7 Å². The van der Waals surface area contributed by atoms with E-state index in [2.05, 4.69) is 30.0 Å². The average Bonchev–Trinajstić information content (AvgIpc) is 3.12. The van der Waals surface area contributed by atoms with Gasteiger partial charge in [-0.15, -0.1) is 0 Å². The molecule has 3 nitrogen and oxygen atoms in total. The summed E-state index contributed by atoms with van der Waals surface area (Å²) in [5.74, 6) is 1.45. The van der Waals surface area contributed by atoms with Gasteiger partial charge in [0.2, 0.25) is 0 Å². The molecule has 2 aliphatic heterocycles. The first-order valence-electron chi connectivity index (χ1n) is 7.96. The monoisotopic (exact) mass is 283 g/mol. The summed E-state index contributed by atoms with van der Waals surface area (Å²) >= 11 is 0. The van der Waals surface area contributed by atoms with Crippen LogP contribution in [0.1, 0.15) is 43.4 Å². The van der Waals surface area contributed by atoms with Crippen LogP contribution in [0.25, 0.3) is 0 Å². The Labute approximate surface area is 125 Å². The van der Waals surface area contributed by atoms with Crippen LogP contribution in [0.5, 0.6) is 5.75 Å². The zero-order valence-electron chi connectivity index (χ0n) is 12.5. The molecule has 1 unspecified atom stereocenters. The molecule has 0 fully saturated rings. The van der Waals surface area contributed by atoms with Crippen molar-refractivity contribution in [2.45, 2.75) is 38.6 Å². The van der Waals surface area contributed by atoms with Crippen molar-refractivity contribution in [2.24, 2.45) is 0 Å². The van der Waals surface area contributed by atoms with E-state index >= 15 is 0 Å². The van der Waals surface area contributed by atoms with Crippen LogP contribution in [0.15, 0.2) is 29.3 Å². The highest BCUT2D eigenvalue weighted by Crippen LogP contribution is 2.35. The summed E-state index contributed by atoms with van der Waals surface area (Å²) in [5.41, 5.74) is 5.17. The van der Waals surface area contributed by atoms with Crippen molar-refractivity contribution in [3.8, 4) is 5.75 Å². The third-order valence-electron chi connectivity index (χ3n) is 5.21. The first-order chi connectivity index (χ1) is 10.2. The van der Waals surface area contributed by atoms with Gasteiger partial charge in [0.15, 0.2) is 5.78 Å². The summed E-state index contributed by atoms with van der Waals surface area (Å²) in [7, 11) is 0. The van der Waals surface area contributed by atoms with Crippen molar-refractivity contribution in [3.05, 3.63) is 40.5 Å². The van der Waals surface area contributed by atoms with E-state index in [1.54, 1.807) is 0 Å². The van der Waals surface area contributed by atoms with Crippen LogP contribution in [-0.4, -0.2) is 30.4 Å². The largest absolute Gasteiger partial charge is 0.493 e. The third kappa shape index (κ3) is 2.20. The third-order valence-corrected chi connectivity index (χ3v) is 5.21. The summed E-state index contributed by atoms with van der Waals surface area (Å²) in [4.78, 5) is 14.3. The molecule has 3 heteroatoms. The molecule has 21 heavy (non-hydrogen) atoms. The lowest BCUT2D eigenvalue weighted by Gasteiger charge is -2.33. The summed E-state index contributed by atoms with van der Waals surface area (Å²) in [6, 6.07) is 7.03. The fraction of sp³-hybridized carbons (Fsp3) is 0.500. The molecular weight excluding hydrogens is 262 g/mol. The molecule has 0 bridgehead atoms. The molecular formula is C18H21NO2. The van der Waals surface area contributed by atoms with Gasteiger partial charge in [-0.25, -0.2) is 0 Å². The molecule has 1 atom stereocenters. The van der Waals surface area contributed by atoms with Gasteiger partial charge in [-0.3, -0.25) is 9.69 Å². The number of hydrogen-bond acceptors (Lipinski definition) is 3. The van der Waals surface area contributed by atoms with Gasteiger partial charge in [-0.1, -0.05) is 12.1 Å². The minimum Gasteiger partial charge on any atom is -0.493 e. The van der Waals surface area contributed by atoms with Crippen molar-refractivity contribution >= 4 is 5.78 Å². The van der Waals surface area contributed by atoms with Gasteiger partial charge in [0.1, 0.15) is 5.75 Å². The Hall–Kier alpha value is -1.61. The molecule has 0 aromatic heterocycles. The Morgan fingerprint density at radius 3 is 3.00 bits per heavy atom. The molecule has 0 N–H and O–H groups in total. The Kier molecular flexibility index (Phi) is 3.11. The minimum absolute atomic E-state index is 0.379. The predicted octanol–water partition coefficient (Wildman–Crippen LogP) is 3.05. The molecule has 2 heterocycles. The first-order valence-corrected chi connectivity index (χ1v) is 7.96. The quantitative estimate of drug-likeness (QED) is 0.835. The van der Waals surface area contributed by atoms with Gasteiger partial charge in [-0.2, -0.15) is 0 Å². The lowest BCUT2D eigenvalue weighted by atomic mass is 9.98. The number of carbonyl (C=O) groups excluding carboxylic acids is 1. The second kappa shape index (κ2) is 4.99. The van der Waals surface area contributed by atoms with Crippen LogP contribution in [0.2, 0.25) is 0 Å². The standard InChI is InChI=1S/C18H21NO2/c1-12(14-3-2-13-7-9-21-18(13)10-14)19-8-6-16-15(11-19)4-5-17(16)20/h2-3,10,12H,4-9,11H2,1H3. The molecule has 0 radical (unpaired) electrons. The lowest BCUT2D eigenvalue weighted by Crippen LogP contribution is -2.33. The van der Waals surface area contributed by atoms with E-state index in [9.17, 15) is 4.79 Å². The van der Waals surface area contributed by atoms with E-state index in [1.165, 1.54) is 16.7 Å². The molecule has 4 rings (SSSR count). The van der Waals surface area contributed by atoms with E-state index in [1.807, 2.05) is 0 Å². The molecule has 1 aromatic carbocycles. The fourth-order valence-corrected chi connectivity index (χ4v) is 3.82. The van der Waals surface area contributed by atoms with Gasteiger partial charge in [-0.05, 0) is 48.1 Å². The zero-order chi connectivity index (χ0) is 14.4. The average molecular weight is 283 g/mol. The SMILES string of the molecule is CC(c1ccc2c(c1)OCC2)N1CCC2=C(CCC2=O)C1. The molecule has 110 valence electrons. The number of benzene rings is 1. The van der Waals surface area contributed by atoms with Crippen molar-refractivity contribution < 1.29 is 9.53 Å². The fourth-order valence-electron chi connectivity index (χ4n) is 3.82. The Balaban J connectivity index is 1.54. The summed E-state index contributed by atoms with van der Waals surface area (Å²) in [6.45, 7) is 5.03. The van der Waals surface area contributed by atoms with Crippen LogP contribution < -0.4 is 4.74 Å². The predicted molar refractivity (Wildman–Crippen MR) is 81.5 cm³/mol. The number of ether oxygens (including phenoxy) is 1. The van der Waals surface area contributed by atoms with Crippen LogP contribution in [-0.2, 0) is 11.2 Å².